The second-order valence-electron chi connectivity index (χ2n) is 8.05. The van der Waals surface area contributed by atoms with Crippen LogP contribution in [0.1, 0.15) is 43.2 Å². The number of hydrogen-bond donors (Lipinski definition) is 0. The fourth-order valence-electron chi connectivity index (χ4n) is 4.86. The molecule has 3 heterocycles. The molecule has 3 aliphatic heterocycles. The monoisotopic (exact) mass is 326 g/mol. The van der Waals surface area contributed by atoms with Crippen molar-refractivity contribution in [2.24, 2.45) is 5.92 Å². The van der Waals surface area contributed by atoms with E-state index in [0.29, 0.717) is 6.61 Å². The van der Waals surface area contributed by atoms with Crippen LogP contribution in [0, 0.1) is 5.92 Å². The predicted octanol–water partition coefficient (Wildman–Crippen LogP) is 2.52. The van der Waals surface area contributed by atoms with E-state index in [9.17, 15) is 4.79 Å². The molecule has 5 rings (SSSR count). The fourth-order valence-corrected chi connectivity index (χ4v) is 4.86. The molecule has 4 heteroatoms. The van der Waals surface area contributed by atoms with Crippen molar-refractivity contribution in [3.8, 4) is 0 Å². The number of amides is 1. The van der Waals surface area contributed by atoms with Crippen LogP contribution in [0.3, 0.4) is 0 Å². The number of likely N-dealkylation sites (tertiary alicyclic amines) is 1. The maximum absolute atomic E-state index is 12.8. The largest absolute Gasteiger partial charge is 0.366 e. The van der Waals surface area contributed by atoms with Gasteiger partial charge in [0.1, 0.15) is 6.10 Å². The summed E-state index contributed by atoms with van der Waals surface area (Å²) in [5.74, 6) is 1.07. The maximum atomic E-state index is 12.8. The number of hydrogen-bond acceptors (Lipinski definition) is 3. The minimum absolute atomic E-state index is 0.0702. The first-order valence-electron chi connectivity index (χ1n) is 9.50. The van der Waals surface area contributed by atoms with Crippen molar-refractivity contribution in [3.63, 3.8) is 0 Å². The lowest BCUT2D eigenvalue weighted by Gasteiger charge is -2.35. The van der Waals surface area contributed by atoms with Crippen LogP contribution in [0.4, 0.5) is 0 Å². The summed E-state index contributed by atoms with van der Waals surface area (Å²) >= 11 is 0. The van der Waals surface area contributed by atoms with Gasteiger partial charge in [0.25, 0.3) is 5.91 Å². The van der Waals surface area contributed by atoms with E-state index >= 15 is 0 Å². The van der Waals surface area contributed by atoms with Gasteiger partial charge in [0, 0.05) is 32.6 Å². The van der Waals surface area contributed by atoms with E-state index in [1.54, 1.807) is 0 Å². The average Bonchev–Trinajstić information content (AvgIpc) is 3.06. The van der Waals surface area contributed by atoms with Crippen LogP contribution in [0.25, 0.3) is 0 Å². The van der Waals surface area contributed by atoms with Crippen LogP contribution in [-0.2, 0) is 21.6 Å². The first-order valence-corrected chi connectivity index (χ1v) is 9.50. The zero-order valence-corrected chi connectivity index (χ0v) is 14.2. The highest BCUT2D eigenvalue weighted by atomic mass is 16.5. The van der Waals surface area contributed by atoms with Crippen LogP contribution in [0.2, 0.25) is 0 Å². The average molecular weight is 326 g/mol. The summed E-state index contributed by atoms with van der Waals surface area (Å²) in [4.78, 5) is 17.5. The van der Waals surface area contributed by atoms with E-state index < -0.39 is 0 Å². The van der Waals surface area contributed by atoms with Crippen molar-refractivity contribution in [1.29, 1.82) is 0 Å². The minimum atomic E-state index is -0.254. The summed E-state index contributed by atoms with van der Waals surface area (Å²) in [5, 5.41) is 0. The third kappa shape index (κ3) is 2.31. The summed E-state index contributed by atoms with van der Waals surface area (Å²) in [6.07, 6.45) is 5.57. The third-order valence-corrected chi connectivity index (χ3v) is 6.40. The molecule has 2 atom stereocenters. The van der Waals surface area contributed by atoms with E-state index in [2.05, 4.69) is 29.2 Å². The smallest absolute Gasteiger partial charge is 0.251 e. The van der Waals surface area contributed by atoms with Gasteiger partial charge in [0.05, 0.1) is 12.1 Å². The van der Waals surface area contributed by atoms with Crippen LogP contribution < -0.4 is 0 Å². The Morgan fingerprint density at radius 3 is 2.79 bits per heavy atom. The summed E-state index contributed by atoms with van der Waals surface area (Å²) in [6, 6.07) is 8.78. The molecule has 1 aromatic carbocycles. The summed E-state index contributed by atoms with van der Waals surface area (Å²) in [5.41, 5.74) is 2.76. The van der Waals surface area contributed by atoms with Crippen molar-refractivity contribution in [3.05, 3.63) is 35.4 Å². The normalized spacial score (nSPS) is 32.7. The molecule has 1 aliphatic carbocycles. The second kappa shape index (κ2) is 5.57. The van der Waals surface area contributed by atoms with Gasteiger partial charge in [-0.3, -0.25) is 9.69 Å². The lowest BCUT2D eigenvalue weighted by Crippen LogP contribution is -2.44. The van der Waals surface area contributed by atoms with E-state index in [1.807, 2.05) is 4.90 Å². The SMILES string of the molecule is O=C([C@@H]1C[C@@]2(CO1)c1ccccc1CN2CC1CC1)N1CCCC1. The van der Waals surface area contributed by atoms with Crippen LogP contribution in [0.5, 0.6) is 0 Å². The third-order valence-electron chi connectivity index (χ3n) is 6.40. The van der Waals surface area contributed by atoms with Gasteiger partial charge in [-0.05, 0) is 42.7 Å². The molecule has 0 N–H and O–H groups in total. The second-order valence-corrected chi connectivity index (χ2v) is 8.05. The number of carbonyl (C=O) groups is 1. The molecule has 1 spiro atoms. The number of carbonyl (C=O) groups excluding carboxylic acids is 1. The number of benzene rings is 1. The van der Waals surface area contributed by atoms with Crippen LogP contribution in [-0.4, -0.2) is 48.1 Å². The van der Waals surface area contributed by atoms with E-state index in [0.717, 1.165) is 51.4 Å². The topological polar surface area (TPSA) is 32.8 Å². The van der Waals surface area contributed by atoms with Gasteiger partial charge in [-0.2, -0.15) is 0 Å². The Balaban J connectivity index is 1.42. The molecular formula is C20H26N2O2. The van der Waals surface area contributed by atoms with Gasteiger partial charge in [-0.25, -0.2) is 0 Å². The standard InChI is InChI=1S/C20H26N2O2/c23-19(21-9-3-4-10-21)18-11-20(14-24-18)17-6-2-1-5-16(17)13-22(20)12-15-7-8-15/h1-2,5-6,15,18H,3-4,7-14H2/t18-,20+/m0/s1. The molecule has 128 valence electrons. The Morgan fingerprint density at radius 1 is 1.21 bits per heavy atom. The highest BCUT2D eigenvalue weighted by Gasteiger charge is 2.53. The van der Waals surface area contributed by atoms with Crippen molar-refractivity contribution in [1.82, 2.24) is 9.80 Å². The van der Waals surface area contributed by atoms with Crippen LogP contribution in [0.15, 0.2) is 24.3 Å². The Bertz CT molecular complexity index is 651. The van der Waals surface area contributed by atoms with E-state index in [-0.39, 0.29) is 17.6 Å². The van der Waals surface area contributed by atoms with Crippen LogP contribution >= 0.6 is 0 Å². The van der Waals surface area contributed by atoms with Crippen molar-refractivity contribution in [2.75, 3.05) is 26.2 Å². The van der Waals surface area contributed by atoms with Gasteiger partial charge in [0.2, 0.25) is 0 Å². The lowest BCUT2D eigenvalue weighted by atomic mass is 9.86. The van der Waals surface area contributed by atoms with Gasteiger partial charge >= 0.3 is 0 Å². The number of nitrogens with zero attached hydrogens (tertiary/aromatic N) is 2. The Labute approximate surface area is 143 Å². The zero-order chi connectivity index (χ0) is 16.1. The van der Waals surface area contributed by atoms with Crippen molar-refractivity contribution in [2.45, 2.75) is 50.3 Å². The molecule has 1 amide bonds. The molecule has 0 aromatic heterocycles. The molecule has 0 bridgehead atoms. The first-order chi connectivity index (χ1) is 11.8. The Morgan fingerprint density at radius 2 is 2.00 bits per heavy atom. The molecular weight excluding hydrogens is 300 g/mol. The van der Waals surface area contributed by atoms with E-state index in [1.165, 1.54) is 24.0 Å². The summed E-state index contributed by atoms with van der Waals surface area (Å²) in [7, 11) is 0. The molecule has 2 saturated heterocycles. The minimum Gasteiger partial charge on any atom is -0.366 e. The Hall–Kier alpha value is -1.39. The maximum Gasteiger partial charge on any atom is 0.251 e. The quantitative estimate of drug-likeness (QED) is 0.856. The van der Waals surface area contributed by atoms with E-state index in [4.69, 9.17) is 4.74 Å². The number of fused-ring (bicyclic) bond motifs is 2. The van der Waals surface area contributed by atoms with Gasteiger partial charge in [-0.1, -0.05) is 24.3 Å². The van der Waals surface area contributed by atoms with Crippen molar-refractivity contribution < 1.29 is 9.53 Å². The highest BCUT2D eigenvalue weighted by Crippen LogP contribution is 2.48. The molecule has 24 heavy (non-hydrogen) atoms. The number of rotatable bonds is 3. The Kier molecular flexibility index (Phi) is 3.46. The molecule has 0 radical (unpaired) electrons. The number of ether oxygens (including phenoxy) is 1. The lowest BCUT2D eigenvalue weighted by molar-refractivity contribution is -0.139. The first kappa shape index (κ1) is 14.9. The van der Waals surface area contributed by atoms with Gasteiger partial charge in [-0.15, -0.1) is 0 Å². The summed E-state index contributed by atoms with van der Waals surface area (Å²) < 4.78 is 6.12. The predicted molar refractivity (Wildman–Crippen MR) is 91.4 cm³/mol. The molecule has 3 fully saturated rings. The molecule has 4 aliphatic rings. The zero-order valence-electron chi connectivity index (χ0n) is 14.2. The van der Waals surface area contributed by atoms with Crippen molar-refractivity contribution >= 4 is 5.91 Å². The summed E-state index contributed by atoms with van der Waals surface area (Å²) in [6.45, 7) is 4.66. The molecule has 1 aromatic rings. The highest BCUT2D eigenvalue weighted by molar-refractivity contribution is 5.81. The molecule has 1 saturated carbocycles. The fraction of sp³-hybridized carbons (Fsp3) is 0.650. The van der Waals surface area contributed by atoms with Gasteiger partial charge in [0.15, 0.2) is 0 Å². The molecule has 0 unspecified atom stereocenters. The molecule has 4 nitrogen and oxygen atoms in total. The van der Waals surface area contributed by atoms with Gasteiger partial charge < -0.3 is 9.64 Å².